The first-order valence-electron chi connectivity index (χ1n) is 3.23. The van der Waals surface area contributed by atoms with Crippen LogP contribution >= 0.6 is 25.3 Å². The maximum atomic E-state index is 9.00. The number of hydrogen-bond acceptors (Lipinski definition) is 5. The topological polar surface area (TPSA) is 77.8 Å². The van der Waals surface area contributed by atoms with Crippen LogP contribution in [0.15, 0.2) is 0 Å². The highest BCUT2D eigenvalue weighted by Gasteiger charge is 2.10. The third kappa shape index (κ3) is 12.7. The summed E-state index contributed by atoms with van der Waals surface area (Å²) in [7, 11) is 0. The van der Waals surface area contributed by atoms with Gasteiger partial charge in [-0.05, 0) is 0 Å². The van der Waals surface area contributed by atoms with Crippen LogP contribution in [-0.4, -0.2) is 45.0 Å². The molecule has 0 amide bonds. The van der Waals surface area contributed by atoms with Gasteiger partial charge in [-0.2, -0.15) is 25.3 Å². The molecule has 4 nitrogen and oxygen atoms in total. The van der Waals surface area contributed by atoms with Gasteiger partial charge in [-0.1, -0.05) is 0 Å². The summed E-state index contributed by atoms with van der Waals surface area (Å²) in [6.07, 6.45) is -1.48. The molecule has 0 spiro atoms. The number of thiol groups is 2. The summed E-state index contributed by atoms with van der Waals surface area (Å²) >= 11 is 7.53. The van der Waals surface area contributed by atoms with Gasteiger partial charge in [-0.3, -0.25) is 4.79 Å². The first-order chi connectivity index (χ1) is 5.45. The SMILES string of the molecule is CC(=O)O.OC(CS)C(O)CS. The minimum absolute atomic E-state index is 0.279. The number of carbonyl (C=O) groups is 1. The van der Waals surface area contributed by atoms with Gasteiger partial charge in [0.2, 0.25) is 0 Å². The number of hydrogen-bond donors (Lipinski definition) is 5. The molecule has 0 aromatic rings. The summed E-state index contributed by atoms with van der Waals surface area (Å²) in [5, 5.41) is 24.9. The fourth-order valence-electron chi connectivity index (χ4n) is 0.243. The van der Waals surface area contributed by atoms with Crippen molar-refractivity contribution in [2.24, 2.45) is 0 Å². The maximum Gasteiger partial charge on any atom is 0.300 e. The van der Waals surface area contributed by atoms with Crippen molar-refractivity contribution < 1.29 is 20.1 Å². The number of aliphatic hydroxyl groups excluding tert-OH is 2. The summed E-state index contributed by atoms with van der Waals surface area (Å²) in [6, 6.07) is 0. The summed E-state index contributed by atoms with van der Waals surface area (Å²) in [4.78, 5) is 9.00. The van der Waals surface area contributed by atoms with E-state index in [0.717, 1.165) is 6.92 Å². The molecule has 12 heavy (non-hydrogen) atoms. The zero-order chi connectivity index (χ0) is 10.1. The predicted octanol–water partition coefficient (Wildman–Crippen LogP) is -0.341. The Kier molecular flexibility index (Phi) is 11.2. The molecular weight excluding hydrogens is 200 g/mol. The van der Waals surface area contributed by atoms with Crippen molar-refractivity contribution in [1.82, 2.24) is 0 Å². The van der Waals surface area contributed by atoms with E-state index in [1.165, 1.54) is 0 Å². The molecule has 0 aromatic carbocycles. The molecule has 0 saturated carbocycles. The highest BCUT2D eigenvalue weighted by Crippen LogP contribution is 1.96. The van der Waals surface area contributed by atoms with Crippen LogP contribution in [0.5, 0.6) is 0 Å². The Hall–Kier alpha value is 0.0900. The molecule has 6 heteroatoms. The van der Waals surface area contributed by atoms with Crippen molar-refractivity contribution in [1.29, 1.82) is 0 Å². The second-order valence-corrected chi connectivity index (χ2v) is 2.75. The Morgan fingerprint density at radius 2 is 1.42 bits per heavy atom. The number of carboxylic acids is 1. The van der Waals surface area contributed by atoms with Gasteiger partial charge >= 0.3 is 0 Å². The average Bonchev–Trinajstić information content (AvgIpc) is 2.00. The Balaban J connectivity index is 0. The van der Waals surface area contributed by atoms with Gasteiger partial charge in [-0.15, -0.1) is 0 Å². The summed E-state index contributed by atoms with van der Waals surface area (Å²) < 4.78 is 0. The minimum Gasteiger partial charge on any atom is -0.481 e. The Morgan fingerprint density at radius 1 is 1.25 bits per heavy atom. The molecule has 0 aliphatic rings. The number of aliphatic carboxylic acids is 1. The normalized spacial score (nSPS) is 14.1. The fourth-order valence-corrected chi connectivity index (χ4v) is 0.730. The maximum absolute atomic E-state index is 9.00. The van der Waals surface area contributed by atoms with Crippen molar-refractivity contribution in [3.63, 3.8) is 0 Å². The van der Waals surface area contributed by atoms with Crippen LogP contribution in [0.2, 0.25) is 0 Å². The average molecular weight is 214 g/mol. The Labute approximate surface area is 82.4 Å². The quantitative estimate of drug-likeness (QED) is 0.417. The molecule has 74 valence electrons. The third-order valence-electron chi connectivity index (χ3n) is 0.818. The van der Waals surface area contributed by atoms with E-state index in [1.54, 1.807) is 0 Å². The molecule has 0 aliphatic carbocycles. The van der Waals surface area contributed by atoms with Crippen molar-refractivity contribution in [2.45, 2.75) is 19.1 Å². The predicted molar refractivity (Wildman–Crippen MR) is 53.0 cm³/mol. The molecule has 0 saturated heterocycles. The highest BCUT2D eigenvalue weighted by atomic mass is 32.1. The number of rotatable bonds is 3. The van der Waals surface area contributed by atoms with Gasteiger partial charge in [0.25, 0.3) is 5.97 Å². The minimum atomic E-state index is -0.833. The molecule has 0 fully saturated rings. The van der Waals surface area contributed by atoms with Crippen LogP contribution in [0, 0.1) is 0 Å². The smallest absolute Gasteiger partial charge is 0.300 e. The first-order valence-corrected chi connectivity index (χ1v) is 4.49. The molecule has 2 atom stereocenters. The van der Waals surface area contributed by atoms with E-state index in [2.05, 4.69) is 25.3 Å². The molecule has 2 unspecified atom stereocenters. The highest BCUT2D eigenvalue weighted by molar-refractivity contribution is 7.80. The summed E-state index contributed by atoms with van der Waals surface area (Å²) in [5.41, 5.74) is 0. The Morgan fingerprint density at radius 3 is 1.50 bits per heavy atom. The fraction of sp³-hybridized carbons (Fsp3) is 0.833. The van der Waals surface area contributed by atoms with Crippen LogP contribution in [0.1, 0.15) is 6.92 Å². The van der Waals surface area contributed by atoms with Crippen LogP contribution < -0.4 is 0 Å². The van der Waals surface area contributed by atoms with Crippen LogP contribution in [0.3, 0.4) is 0 Å². The van der Waals surface area contributed by atoms with Gasteiger partial charge in [0.1, 0.15) is 0 Å². The van der Waals surface area contributed by atoms with E-state index < -0.39 is 18.2 Å². The largest absolute Gasteiger partial charge is 0.481 e. The standard InChI is InChI=1S/C4H10O2S2.C2H4O2/c5-3(1-7)4(6)2-8;1-2(3)4/h3-8H,1-2H2;1H3,(H,3,4). The van der Waals surface area contributed by atoms with Crippen molar-refractivity contribution >= 4 is 31.2 Å². The number of aliphatic hydroxyl groups is 2. The molecule has 0 radical (unpaired) electrons. The van der Waals surface area contributed by atoms with Gasteiger partial charge in [0.05, 0.1) is 12.2 Å². The number of carboxylic acid groups (broad SMARTS) is 1. The van der Waals surface area contributed by atoms with E-state index >= 15 is 0 Å². The van der Waals surface area contributed by atoms with E-state index in [9.17, 15) is 0 Å². The molecule has 0 aliphatic heterocycles. The molecular formula is C6H14O4S2. The summed E-state index contributed by atoms with van der Waals surface area (Å²) in [5.74, 6) is -0.274. The van der Waals surface area contributed by atoms with Crippen molar-refractivity contribution in [3.8, 4) is 0 Å². The van der Waals surface area contributed by atoms with Gasteiger partial charge < -0.3 is 15.3 Å². The second kappa shape index (κ2) is 9.18. The lowest BCUT2D eigenvalue weighted by molar-refractivity contribution is -0.134. The van der Waals surface area contributed by atoms with E-state index in [4.69, 9.17) is 20.1 Å². The van der Waals surface area contributed by atoms with Crippen molar-refractivity contribution in [2.75, 3.05) is 11.5 Å². The lowest BCUT2D eigenvalue weighted by atomic mass is 10.3. The molecule has 0 bridgehead atoms. The van der Waals surface area contributed by atoms with Crippen LogP contribution in [-0.2, 0) is 4.79 Å². The lowest BCUT2D eigenvalue weighted by Crippen LogP contribution is -2.28. The van der Waals surface area contributed by atoms with Gasteiger partial charge in [-0.25, -0.2) is 0 Å². The third-order valence-corrected chi connectivity index (χ3v) is 1.57. The van der Waals surface area contributed by atoms with Gasteiger partial charge in [0, 0.05) is 18.4 Å². The molecule has 3 N–H and O–H groups in total. The Bertz CT molecular complexity index is 108. The summed E-state index contributed by atoms with van der Waals surface area (Å²) in [6.45, 7) is 1.08. The van der Waals surface area contributed by atoms with Crippen LogP contribution in [0.4, 0.5) is 0 Å². The molecule has 0 rings (SSSR count). The molecule has 0 aromatic heterocycles. The van der Waals surface area contributed by atoms with Crippen LogP contribution in [0.25, 0.3) is 0 Å². The lowest BCUT2D eigenvalue weighted by Gasteiger charge is -2.11. The monoisotopic (exact) mass is 214 g/mol. The first kappa shape index (κ1) is 14.6. The zero-order valence-electron chi connectivity index (χ0n) is 6.71. The van der Waals surface area contributed by atoms with Crippen molar-refractivity contribution in [3.05, 3.63) is 0 Å². The second-order valence-electron chi connectivity index (χ2n) is 2.02. The molecule has 0 heterocycles. The zero-order valence-corrected chi connectivity index (χ0v) is 8.50. The van der Waals surface area contributed by atoms with E-state index in [-0.39, 0.29) is 11.5 Å². The van der Waals surface area contributed by atoms with Gasteiger partial charge in [0.15, 0.2) is 0 Å². The van der Waals surface area contributed by atoms with E-state index in [1.807, 2.05) is 0 Å². The van der Waals surface area contributed by atoms with E-state index in [0.29, 0.717) is 0 Å².